The molecule has 4 aliphatic carbocycles. The van der Waals surface area contributed by atoms with Crippen LogP contribution in [0.4, 0.5) is 0 Å². The number of allylic oxidation sites excluding steroid dienone is 3. The van der Waals surface area contributed by atoms with Crippen LogP contribution in [-0.2, 0) is 0 Å². The van der Waals surface area contributed by atoms with Gasteiger partial charge in [-0.3, -0.25) is 0 Å². The summed E-state index contributed by atoms with van der Waals surface area (Å²) in [6.45, 7) is 9.37. The average molecular weight is 315 g/mol. The molecule has 0 aliphatic heterocycles. The highest BCUT2D eigenvalue weighted by Crippen LogP contribution is 2.66. The van der Waals surface area contributed by atoms with Crippen LogP contribution in [-0.4, -0.2) is 10.7 Å². The van der Waals surface area contributed by atoms with E-state index in [1.165, 1.54) is 38.5 Å². The van der Waals surface area contributed by atoms with Crippen molar-refractivity contribution in [2.75, 3.05) is 0 Å². The third kappa shape index (κ3) is 2.15. The molecule has 3 saturated carbocycles. The first kappa shape index (κ1) is 15.9. The molecule has 0 bridgehead atoms. The number of hydrogen-bond acceptors (Lipinski definition) is 1. The van der Waals surface area contributed by atoms with Crippen molar-refractivity contribution in [1.29, 1.82) is 0 Å². The van der Waals surface area contributed by atoms with Crippen molar-refractivity contribution in [1.82, 2.24) is 0 Å². The Labute approximate surface area is 142 Å². The maximum absolute atomic E-state index is 10.5. The van der Waals surface area contributed by atoms with E-state index >= 15 is 0 Å². The van der Waals surface area contributed by atoms with Gasteiger partial charge in [0.05, 0.1) is 5.60 Å². The normalized spacial score (nSPS) is 54.2. The lowest BCUT2D eigenvalue weighted by Gasteiger charge is -2.58. The summed E-state index contributed by atoms with van der Waals surface area (Å²) >= 11 is 0. The lowest BCUT2D eigenvalue weighted by atomic mass is 9.47. The predicted octanol–water partition coefficient (Wildman–Crippen LogP) is 5.65. The second kappa shape index (κ2) is 4.97. The van der Waals surface area contributed by atoms with E-state index in [0.29, 0.717) is 10.8 Å². The van der Waals surface area contributed by atoms with Gasteiger partial charge in [0.15, 0.2) is 0 Å². The first-order valence-corrected chi connectivity index (χ1v) is 9.88. The summed E-state index contributed by atoms with van der Waals surface area (Å²) in [7, 11) is 0. The molecule has 0 amide bonds. The molecular formula is C22H34O. The Kier molecular flexibility index (Phi) is 3.45. The summed E-state index contributed by atoms with van der Waals surface area (Å²) in [5.41, 5.74) is 3.71. The van der Waals surface area contributed by atoms with E-state index in [9.17, 15) is 5.11 Å². The minimum absolute atomic E-state index is 0.366. The minimum Gasteiger partial charge on any atom is -0.390 e. The summed E-state index contributed by atoms with van der Waals surface area (Å²) in [5, 5.41) is 10.5. The SMILES string of the molecule is CC=C1CCC2C3CC=C4CC(C)(O)CCC4(C)C3CCC12C. The van der Waals surface area contributed by atoms with Crippen molar-refractivity contribution < 1.29 is 5.11 Å². The summed E-state index contributed by atoms with van der Waals surface area (Å²) in [6, 6.07) is 0. The largest absolute Gasteiger partial charge is 0.390 e. The zero-order valence-corrected chi connectivity index (χ0v) is 15.5. The molecule has 0 aromatic rings. The first-order chi connectivity index (χ1) is 10.8. The number of aliphatic hydroxyl groups is 1. The van der Waals surface area contributed by atoms with Crippen LogP contribution < -0.4 is 0 Å². The Hall–Kier alpha value is -0.560. The van der Waals surface area contributed by atoms with Crippen molar-refractivity contribution in [2.24, 2.45) is 28.6 Å². The molecule has 4 rings (SSSR count). The molecule has 0 aromatic heterocycles. The molecule has 1 N–H and O–H groups in total. The van der Waals surface area contributed by atoms with Gasteiger partial charge in [-0.25, -0.2) is 0 Å². The highest BCUT2D eigenvalue weighted by Gasteiger charge is 2.57. The van der Waals surface area contributed by atoms with Gasteiger partial charge in [0.2, 0.25) is 0 Å². The molecule has 0 spiro atoms. The molecule has 0 aromatic carbocycles. The molecule has 1 nitrogen and oxygen atoms in total. The third-order valence-corrected chi connectivity index (χ3v) is 8.58. The van der Waals surface area contributed by atoms with Gasteiger partial charge in [-0.15, -0.1) is 0 Å². The predicted molar refractivity (Wildman–Crippen MR) is 96.1 cm³/mol. The van der Waals surface area contributed by atoms with Crippen LogP contribution in [0.15, 0.2) is 23.3 Å². The van der Waals surface area contributed by atoms with Gasteiger partial charge >= 0.3 is 0 Å². The average Bonchev–Trinajstić information content (AvgIpc) is 2.84. The van der Waals surface area contributed by atoms with E-state index in [0.717, 1.165) is 30.6 Å². The van der Waals surface area contributed by atoms with Gasteiger partial charge in [-0.1, -0.05) is 37.1 Å². The molecule has 0 heterocycles. The van der Waals surface area contributed by atoms with E-state index in [4.69, 9.17) is 0 Å². The Morgan fingerprint density at radius 2 is 1.78 bits per heavy atom. The molecule has 128 valence electrons. The van der Waals surface area contributed by atoms with Crippen LogP contribution in [0.1, 0.15) is 79.1 Å². The fourth-order valence-electron chi connectivity index (χ4n) is 7.13. The minimum atomic E-state index is -0.465. The summed E-state index contributed by atoms with van der Waals surface area (Å²) in [6.07, 6.45) is 14.8. The zero-order valence-electron chi connectivity index (χ0n) is 15.5. The molecule has 0 saturated heterocycles. The van der Waals surface area contributed by atoms with Crippen LogP contribution in [0.25, 0.3) is 0 Å². The molecule has 3 fully saturated rings. The summed E-state index contributed by atoms with van der Waals surface area (Å²) in [5.74, 6) is 2.63. The maximum atomic E-state index is 10.5. The number of rotatable bonds is 0. The van der Waals surface area contributed by atoms with Crippen molar-refractivity contribution in [3.05, 3.63) is 23.3 Å². The van der Waals surface area contributed by atoms with Crippen LogP contribution in [0.5, 0.6) is 0 Å². The fraction of sp³-hybridized carbons (Fsp3) is 0.818. The Bertz CT molecular complexity index is 569. The second-order valence-corrected chi connectivity index (χ2v) is 9.74. The van der Waals surface area contributed by atoms with E-state index < -0.39 is 5.60 Å². The first-order valence-electron chi connectivity index (χ1n) is 9.88. The molecule has 0 radical (unpaired) electrons. The molecule has 4 aliphatic rings. The van der Waals surface area contributed by atoms with E-state index in [2.05, 4.69) is 32.9 Å². The van der Waals surface area contributed by atoms with Gasteiger partial charge < -0.3 is 5.11 Å². The van der Waals surface area contributed by atoms with E-state index in [-0.39, 0.29) is 0 Å². The highest BCUT2D eigenvalue weighted by molar-refractivity contribution is 5.29. The van der Waals surface area contributed by atoms with Gasteiger partial charge in [0.1, 0.15) is 0 Å². The fourth-order valence-corrected chi connectivity index (χ4v) is 7.13. The van der Waals surface area contributed by atoms with Gasteiger partial charge in [0.25, 0.3) is 0 Å². The van der Waals surface area contributed by atoms with Crippen LogP contribution in [0.2, 0.25) is 0 Å². The second-order valence-electron chi connectivity index (χ2n) is 9.74. The van der Waals surface area contributed by atoms with E-state index in [1.54, 1.807) is 11.1 Å². The number of hydrogen-bond donors (Lipinski definition) is 1. The maximum Gasteiger partial charge on any atom is 0.0657 e. The van der Waals surface area contributed by atoms with Crippen LogP contribution >= 0.6 is 0 Å². The van der Waals surface area contributed by atoms with Gasteiger partial charge in [-0.05, 0) is 93.8 Å². The van der Waals surface area contributed by atoms with Crippen molar-refractivity contribution >= 4 is 0 Å². The summed E-state index contributed by atoms with van der Waals surface area (Å²) in [4.78, 5) is 0. The third-order valence-electron chi connectivity index (χ3n) is 8.58. The van der Waals surface area contributed by atoms with Crippen LogP contribution in [0, 0.1) is 28.6 Å². The Morgan fingerprint density at radius 1 is 1.04 bits per heavy atom. The van der Waals surface area contributed by atoms with Crippen molar-refractivity contribution in [3.63, 3.8) is 0 Å². The topological polar surface area (TPSA) is 20.2 Å². The highest BCUT2D eigenvalue weighted by atomic mass is 16.3. The Morgan fingerprint density at radius 3 is 2.52 bits per heavy atom. The molecule has 1 heteroatoms. The Balaban J connectivity index is 1.68. The van der Waals surface area contributed by atoms with Gasteiger partial charge in [0, 0.05) is 0 Å². The lowest BCUT2D eigenvalue weighted by Crippen LogP contribution is -2.51. The lowest BCUT2D eigenvalue weighted by molar-refractivity contribution is -0.0504. The van der Waals surface area contributed by atoms with Crippen LogP contribution in [0.3, 0.4) is 0 Å². The molecular weight excluding hydrogens is 280 g/mol. The molecule has 23 heavy (non-hydrogen) atoms. The quantitative estimate of drug-likeness (QED) is 0.573. The molecule has 6 atom stereocenters. The standard InChI is InChI=1S/C22H34O/c1-5-15-7-9-18-17-8-6-16-14-20(2,23)12-13-22(16,4)19(17)10-11-21(15,18)3/h5-6,17-19,23H,7-14H2,1-4H3. The van der Waals surface area contributed by atoms with Gasteiger partial charge in [-0.2, -0.15) is 0 Å². The monoisotopic (exact) mass is 314 g/mol. The van der Waals surface area contributed by atoms with Crippen molar-refractivity contribution in [2.45, 2.75) is 84.7 Å². The summed E-state index contributed by atoms with van der Waals surface area (Å²) < 4.78 is 0. The molecule has 6 unspecified atom stereocenters. The van der Waals surface area contributed by atoms with Crippen molar-refractivity contribution in [3.8, 4) is 0 Å². The number of fused-ring (bicyclic) bond motifs is 5. The smallest absolute Gasteiger partial charge is 0.0657 e. The van der Waals surface area contributed by atoms with E-state index in [1.807, 2.05) is 6.92 Å². The zero-order chi connectivity index (χ0) is 16.5.